The molecule has 0 fully saturated rings. The topological polar surface area (TPSA) is 58.9 Å². The lowest BCUT2D eigenvalue weighted by Crippen LogP contribution is -2.33. The van der Waals surface area contributed by atoms with Crippen molar-refractivity contribution in [3.8, 4) is 5.69 Å². The molecule has 7 heteroatoms. The Morgan fingerprint density at radius 1 is 1.16 bits per heavy atom. The van der Waals surface area contributed by atoms with Crippen LogP contribution in [0.5, 0.6) is 0 Å². The zero-order valence-electron chi connectivity index (χ0n) is 14.8. The Bertz CT molecular complexity index is 743. The largest absolute Gasteiger partial charge is 0.355 e. The van der Waals surface area contributed by atoms with E-state index in [-0.39, 0.29) is 5.91 Å². The van der Waals surface area contributed by atoms with Crippen molar-refractivity contribution in [1.29, 1.82) is 0 Å². The van der Waals surface area contributed by atoms with Crippen molar-refractivity contribution in [3.05, 3.63) is 45.2 Å². The van der Waals surface area contributed by atoms with Crippen LogP contribution < -0.4 is 10.6 Å². The molecular formula is C18H24Cl2N4O. The van der Waals surface area contributed by atoms with E-state index in [0.717, 1.165) is 42.1 Å². The molecule has 0 atom stereocenters. The van der Waals surface area contributed by atoms with Crippen molar-refractivity contribution in [3.63, 3.8) is 0 Å². The molecule has 2 N–H and O–H groups in total. The van der Waals surface area contributed by atoms with Crippen LogP contribution in [0, 0.1) is 13.8 Å². The number of halogens is 2. The minimum atomic E-state index is -0.00168. The van der Waals surface area contributed by atoms with Gasteiger partial charge in [-0.15, -0.1) is 0 Å². The third-order valence-corrected chi connectivity index (χ3v) is 4.72. The quantitative estimate of drug-likeness (QED) is 0.687. The van der Waals surface area contributed by atoms with E-state index in [1.165, 1.54) is 0 Å². The number of hydrogen-bond donors (Lipinski definition) is 2. The van der Waals surface area contributed by atoms with E-state index in [9.17, 15) is 4.79 Å². The number of carbonyl (C=O) groups is 1. The van der Waals surface area contributed by atoms with E-state index in [4.69, 9.17) is 23.2 Å². The maximum atomic E-state index is 12.2. The van der Waals surface area contributed by atoms with Gasteiger partial charge in [0.25, 0.3) is 0 Å². The van der Waals surface area contributed by atoms with E-state index < -0.39 is 0 Å². The minimum absolute atomic E-state index is 0.00168. The Morgan fingerprint density at radius 2 is 1.92 bits per heavy atom. The first-order valence-corrected chi connectivity index (χ1v) is 9.17. The van der Waals surface area contributed by atoms with Crippen LogP contribution in [-0.4, -0.2) is 35.3 Å². The van der Waals surface area contributed by atoms with Crippen molar-refractivity contribution < 1.29 is 4.79 Å². The monoisotopic (exact) mass is 382 g/mol. The second-order valence-corrected chi connectivity index (χ2v) is 6.75. The zero-order valence-corrected chi connectivity index (χ0v) is 16.3. The fourth-order valence-electron chi connectivity index (χ4n) is 2.61. The first-order chi connectivity index (χ1) is 11.9. The predicted molar refractivity (Wildman–Crippen MR) is 103 cm³/mol. The van der Waals surface area contributed by atoms with Crippen LogP contribution >= 0.6 is 23.2 Å². The van der Waals surface area contributed by atoms with Crippen LogP contribution in [-0.2, 0) is 11.2 Å². The van der Waals surface area contributed by atoms with Crippen molar-refractivity contribution in [2.45, 2.75) is 33.6 Å². The molecule has 0 unspecified atom stereocenters. The summed E-state index contributed by atoms with van der Waals surface area (Å²) in [7, 11) is 0. The van der Waals surface area contributed by atoms with E-state index in [0.29, 0.717) is 23.0 Å². The number of hydrogen-bond acceptors (Lipinski definition) is 3. The second kappa shape index (κ2) is 9.22. The number of nitrogens with zero attached hydrogens (tertiary/aromatic N) is 2. The summed E-state index contributed by atoms with van der Waals surface area (Å²) in [6, 6.07) is 5.37. The van der Waals surface area contributed by atoms with Gasteiger partial charge in [-0.3, -0.25) is 4.79 Å². The molecule has 2 aromatic rings. The van der Waals surface area contributed by atoms with Crippen LogP contribution in [0.25, 0.3) is 5.69 Å². The molecule has 25 heavy (non-hydrogen) atoms. The highest BCUT2D eigenvalue weighted by Crippen LogP contribution is 2.26. The van der Waals surface area contributed by atoms with Crippen LogP contribution in [0.3, 0.4) is 0 Å². The number of aryl methyl sites for hydroxylation is 1. The van der Waals surface area contributed by atoms with Crippen LogP contribution in [0.4, 0.5) is 0 Å². The number of benzene rings is 1. The van der Waals surface area contributed by atoms with Gasteiger partial charge in [-0.25, -0.2) is 4.68 Å². The Labute approximate surface area is 158 Å². The molecule has 0 aliphatic rings. The van der Waals surface area contributed by atoms with Crippen LogP contribution in [0.15, 0.2) is 18.2 Å². The lowest BCUT2D eigenvalue weighted by molar-refractivity contribution is -0.120. The molecule has 0 bridgehead atoms. The summed E-state index contributed by atoms with van der Waals surface area (Å²) in [5.74, 6) is -0.00168. The molecule has 0 saturated heterocycles. The zero-order chi connectivity index (χ0) is 18.4. The third-order valence-electron chi connectivity index (χ3n) is 3.98. The van der Waals surface area contributed by atoms with Gasteiger partial charge >= 0.3 is 0 Å². The summed E-state index contributed by atoms with van der Waals surface area (Å²) in [5, 5.41) is 11.7. The standard InChI is InChI=1S/C18H24Cl2N4O/c1-4-7-21-8-9-22-18(25)11-15-12(2)23-24(13(15)3)14-5-6-16(19)17(20)10-14/h5-6,10,21H,4,7-9,11H2,1-3H3,(H,22,25). The van der Waals surface area contributed by atoms with Gasteiger partial charge in [-0.1, -0.05) is 30.1 Å². The van der Waals surface area contributed by atoms with Crippen LogP contribution in [0.1, 0.15) is 30.3 Å². The molecule has 0 radical (unpaired) electrons. The Kier molecular flexibility index (Phi) is 7.29. The second-order valence-electron chi connectivity index (χ2n) is 5.94. The van der Waals surface area contributed by atoms with Crippen molar-refractivity contribution in [2.24, 2.45) is 0 Å². The highest BCUT2D eigenvalue weighted by Gasteiger charge is 2.16. The highest BCUT2D eigenvalue weighted by atomic mass is 35.5. The predicted octanol–water partition coefficient (Wildman–Crippen LogP) is 3.45. The highest BCUT2D eigenvalue weighted by molar-refractivity contribution is 6.42. The molecule has 0 aliphatic carbocycles. The molecule has 1 heterocycles. The van der Waals surface area contributed by atoms with Gasteiger partial charge in [0.2, 0.25) is 5.91 Å². The first kappa shape index (κ1) is 19.8. The van der Waals surface area contributed by atoms with Crippen molar-refractivity contribution in [2.75, 3.05) is 19.6 Å². The number of carbonyl (C=O) groups excluding carboxylic acids is 1. The number of amides is 1. The molecule has 0 spiro atoms. The van der Waals surface area contributed by atoms with Gasteiger partial charge in [0.1, 0.15) is 0 Å². The summed E-state index contributed by atoms with van der Waals surface area (Å²) in [6.45, 7) is 8.34. The van der Waals surface area contributed by atoms with Gasteiger partial charge in [-0.05, 0) is 45.0 Å². The number of nitrogens with one attached hydrogen (secondary N) is 2. The van der Waals surface area contributed by atoms with E-state index in [1.54, 1.807) is 16.8 Å². The minimum Gasteiger partial charge on any atom is -0.355 e. The summed E-state index contributed by atoms with van der Waals surface area (Å²) in [5.41, 5.74) is 3.52. The van der Waals surface area contributed by atoms with Gasteiger partial charge < -0.3 is 10.6 Å². The third kappa shape index (κ3) is 5.21. The molecule has 0 saturated carbocycles. The average molecular weight is 383 g/mol. The summed E-state index contributed by atoms with van der Waals surface area (Å²) >= 11 is 12.1. The SMILES string of the molecule is CCCNCCNC(=O)Cc1c(C)nn(-c2ccc(Cl)c(Cl)c2)c1C. The Hall–Kier alpha value is -1.56. The molecule has 136 valence electrons. The molecule has 2 rings (SSSR count). The summed E-state index contributed by atoms with van der Waals surface area (Å²) < 4.78 is 1.79. The number of aromatic nitrogens is 2. The van der Waals surface area contributed by atoms with E-state index in [2.05, 4.69) is 22.7 Å². The van der Waals surface area contributed by atoms with Crippen molar-refractivity contribution in [1.82, 2.24) is 20.4 Å². The molecule has 1 aromatic carbocycles. The summed E-state index contributed by atoms with van der Waals surface area (Å²) in [6.07, 6.45) is 1.40. The molecule has 0 aliphatic heterocycles. The first-order valence-electron chi connectivity index (χ1n) is 8.42. The number of rotatable bonds is 8. The molecule has 5 nitrogen and oxygen atoms in total. The molecular weight excluding hydrogens is 359 g/mol. The van der Waals surface area contributed by atoms with Crippen LogP contribution in [0.2, 0.25) is 10.0 Å². The van der Waals surface area contributed by atoms with E-state index >= 15 is 0 Å². The normalized spacial score (nSPS) is 10.9. The van der Waals surface area contributed by atoms with E-state index in [1.807, 2.05) is 19.9 Å². The van der Waals surface area contributed by atoms with Gasteiger partial charge in [0, 0.05) is 24.3 Å². The fourth-order valence-corrected chi connectivity index (χ4v) is 2.91. The Balaban J connectivity index is 2.06. The molecule has 1 aromatic heterocycles. The van der Waals surface area contributed by atoms with Gasteiger partial charge in [0.05, 0.1) is 27.8 Å². The van der Waals surface area contributed by atoms with Gasteiger partial charge in [0.15, 0.2) is 0 Å². The smallest absolute Gasteiger partial charge is 0.224 e. The Morgan fingerprint density at radius 3 is 2.60 bits per heavy atom. The molecule has 1 amide bonds. The van der Waals surface area contributed by atoms with Gasteiger partial charge in [-0.2, -0.15) is 5.10 Å². The maximum absolute atomic E-state index is 12.2. The fraction of sp³-hybridized carbons (Fsp3) is 0.444. The average Bonchev–Trinajstić information content (AvgIpc) is 2.85. The van der Waals surface area contributed by atoms with Crippen molar-refractivity contribution >= 4 is 29.1 Å². The lowest BCUT2D eigenvalue weighted by Gasteiger charge is -2.08. The summed E-state index contributed by atoms with van der Waals surface area (Å²) in [4.78, 5) is 12.2. The maximum Gasteiger partial charge on any atom is 0.224 e. The lowest BCUT2D eigenvalue weighted by atomic mass is 10.1.